The van der Waals surface area contributed by atoms with Gasteiger partial charge in [0.1, 0.15) is 11.5 Å². The summed E-state index contributed by atoms with van der Waals surface area (Å²) >= 11 is 0. The third-order valence-electron chi connectivity index (χ3n) is 3.95. The molecular weight excluding hydrogens is 325 g/mol. The van der Waals surface area contributed by atoms with Gasteiger partial charge < -0.3 is 5.73 Å². The third kappa shape index (κ3) is 3.68. The first-order chi connectivity index (χ1) is 11.9. The predicted octanol–water partition coefficient (Wildman–Crippen LogP) is 0.994. The van der Waals surface area contributed by atoms with E-state index in [9.17, 15) is 14.0 Å². The summed E-state index contributed by atoms with van der Waals surface area (Å²) in [4.78, 5) is 23.5. The summed E-state index contributed by atoms with van der Waals surface area (Å²) in [6, 6.07) is 9.65. The molecule has 0 aliphatic carbocycles. The number of nitrogens with zero attached hydrogens (tertiary/aromatic N) is 4. The molecule has 0 saturated heterocycles. The van der Waals surface area contributed by atoms with E-state index in [1.807, 2.05) is 0 Å². The third-order valence-corrected chi connectivity index (χ3v) is 3.95. The van der Waals surface area contributed by atoms with Gasteiger partial charge in [0, 0.05) is 19.9 Å². The van der Waals surface area contributed by atoms with Crippen LogP contribution in [0.1, 0.15) is 29.3 Å². The molecule has 25 heavy (non-hydrogen) atoms. The summed E-state index contributed by atoms with van der Waals surface area (Å²) in [5.41, 5.74) is 7.30. The Morgan fingerprint density at radius 3 is 2.76 bits per heavy atom. The fraction of sp³-hybridized carbons (Fsp3) is 0.235. The van der Waals surface area contributed by atoms with E-state index in [2.05, 4.69) is 15.3 Å². The number of primary amides is 1. The van der Waals surface area contributed by atoms with Crippen molar-refractivity contribution in [3.63, 3.8) is 0 Å². The summed E-state index contributed by atoms with van der Waals surface area (Å²) in [5.74, 6) is -1.86. The molecule has 1 aromatic carbocycles. The van der Waals surface area contributed by atoms with Crippen molar-refractivity contribution in [3.8, 4) is 0 Å². The lowest BCUT2D eigenvalue weighted by Gasteiger charge is -2.24. The van der Waals surface area contributed by atoms with Crippen molar-refractivity contribution in [3.05, 3.63) is 59.2 Å². The van der Waals surface area contributed by atoms with E-state index in [4.69, 9.17) is 5.73 Å². The van der Waals surface area contributed by atoms with Crippen molar-refractivity contribution in [2.75, 3.05) is 7.05 Å². The van der Waals surface area contributed by atoms with Gasteiger partial charge in [-0.05, 0) is 29.8 Å². The number of carbonyl (C=O) groups excluding carboxylic acids is 2. The van der Waals surface area contributed by atoms with Crippen LogP contribution in [-0.4, -0.2) is 39.8 Å². The Kier molecular flexibility index (Phi) is 4.51. The molecule has 2 aromatic rings. The number of rotatable bonds is 4. The second-order valence-electron chi connectivity index (χ2n) is 5.78. The first kappa shape index (κ1) is 16.7. The van der Waals surface area contributed by atoms with Gasteiger partial charge in [-0.25, -0.2) is 9.40 Å². The summed E-state index contributed by atoms with van der Waals surface area (Å²) in [5, 5.41) is 13.3. The molecule has 7 nitrogen and oxygen atoms in total. The normalized spacial score (nSPS) is 17.4. The van der Waals surface area contributed by atoms with Crippen LogP contribution in [0.2, 0.25) is 0 Å². The Labute approximate surface area is 143 Å². The van der Waals surface area contributed by atoms with E-state index < -0.39 is 11.8 Å². The summed E-state index contributed by atoms with van der Waals surface area (Å²) in [6.07, 6.45) is 0.477. The lowest BCUT2D eigenvalue weighted by molar-refractivity contribution is -0.130. The molecular formula is C17H16FN5O2. The molecule has 1 aliphatic rings. The molecule has 0 saturated carbocycles. The van der Waals surface area contributed by atoms with E-state index in [0.717, 1.165) is 10.6 Å². The molecule has 128 valence electrons. The maximum Gasteiger partial charge on any atom is 0.265 e. The van der Waals surface area contributed by atoms with E-state index >= 15 is 0 Å². The van der Waals surface area contributed by atoms with E-state index in [1.54, 1.807) is 24.3 Å². The van der Waals surface area contributed by atoms with Crippen molar-refractivity contribution in [2.45, 2.75) is 18.8 Å². The summed E-state index contributed by atoms with van der Waals surface area (Å²) < 4.78 is 13.2. The van der Waals surface area contributed by atoms with Gasteiger partial charge >= 0.3 is 0 Å². The molecule has 3 rings (SSSR count). The standard InChI is InChI=1S/C17H16FN5O2/c1-23-15(24)9-13(16(22-23)17(19)25)14-6-5-12(20-21-14)8-10-3-2-4-11(18)7-10/h2-7,13H,8-9H2,1H3,(H2,19,25). The first-order valence-corrected chi connectivity index (χ1v) is 7.66. The van der Waals surface area contributed by atoms with Crippen molar-refractivity contribution in [2.24, 2.45) is 10.8 Å². The minimum atomic E-state index is -0.699. The molecule has 0 bridgehead atoms. The molecule has 0 radical (unpaired) electrons. The molecule has 0 fully saturated rings. The minimum Gasteiger partial charge on any atom is -0.364 e. The van der Waals surface area contributed by atoms with Crippen LogP contribution in [0.3, 0.4) is 0 Å². The Bertz CT molecular complexity index is 850. The zero-order valence-electron chi connectivity index (χ0n) is 13.5. The average Bonchev–Trinajstić information content (AvgIpc) is 2.57. The van der Waals surface area contributed by atoms with Crippen LogP contribution in [0.25, 0.3) is 0 Å². The predicted molar refractivity (Wildman–Crippen MR) is 88.0 cm³/mol. The van der Waals surface area contributed by atoms with E-state index in [1.165, 1.54) is 19.2 Å². The number of halogens is 1. The molecule has 1 unspecified atom stereocenters. The van der Waals surface area contributed by atoms with Gasteiger partial charge in [0.05, 0.1) is 17.3 Å². The van der Waals surface area contributed by atoms with E-state index in [0.29, 0.717) is 17.8 Å². The van der Waals surface area contributed by atoms with Gasteiger partial charge in [0.15, 0.2) is 0 Å². The monoisotopic (exact) mass is 341 g/mol. The Hall–Kier alpha value is -3.16. The molecule has 2 N–H and O–H groups in total. The topological polar surface area (TPSA) is 102 Å². The zero-order chi connectivity index (χ0) is 18.0. The van der Waals surface area contributed by atoms with Gasteiger partial charge in [-0.15, -0.1) is 0 Å². The van der Waals surface area contributed by atoms with Gasteiger partial charge in [-0.2, -0.15) is 15.3 Å². The number of hydrogen-bond donors (Lipinski definition) is 1. The van der Waals surface area contributed by atoms with Crippen LogP contribution >= 0.6 is 0 Å². The SMILES string of the molecule is CN1N=C(C(N)=O)C(c2ccc(Cc3cccc(F)c3)nn2)CC1=O. The minimum absolute atomic E-state index is 0.0518. The average molecular weight is 341 g/mol. The Balaban J connectivity index is 1.83. The summed E-state index contributed by atoms with van der Waals surface area (Å²) in [6.45, 7) is 0. The number of carbonyl (C=O) groups is 2. The first-order valence-electron chi connectivity index (χ1n) is 7.66. The van der Waals surface area contributed by atoms with Crippen molar-refractivity contribution in [1.82, 2.24) is 15.2 Å². The second-order valence-corrected chi connectivity index (χ2v) is 5.78. The van der Waals surface area contributed by atoms with E-state index in [-0.39, 0.29) is 23.9 Å². The number of hydrogen-bond acceptors (Lipinski definition) is 5. The number of nitrogens with two attached hydrogens (primary N) is 1. The molecule has 2 amide bonds. The summed E-state index contributed by atoms with van der Waals surface area (Å²) in [7, 11) is 1.47. The van der Waals surface area contributed by atoms with Gasteiger partial charge in [-0.1, -0.05) is 12.1 Å². The number of benzene rings is 1. The molecule has 1 aromatic heterocycles. The lowest BCUT2D eigenvalue weighted by Crippen LogP contribution is -2.40. The number of aromatic nitrogens is 2. The number of amides is 2. The van der Waals surface area contributed by atoms with Crippen molar-refractivity contribution >= 4 is 17.5 Å². The smallest absolute Gasteiger partial charge is 0.265 e. The van der Waals surface area contributed by atoms with Crippen molar-refractivity contribution in [1.29, 1.82) is 0 Å². The molecule has 2 heterocycles. The second kappa shape index (κ2) is 6.76. The van der Waals surface area contributed by atoms with Crippen molar-refractivity contribution < 1.29 is 14.0 Å². The Morgan fingerprint density at radius 1 is 1.32 bits per heavy atom. The van der Waals surface area contributed by atoms with Crippen LogP contribution in [-0.2, 0) is 16.0 Å². The van der Waals surface area contributed by atoms with Crippen LogP contribution < -0.4 is 5.73 Å². The molecule has 1 atom stereocenters. The molecule has 8 heteroatoms. The molecule has 1 aliphatic heterocycles. The number of hydrazone groups is 1. The van der Waals surface area contributed by atoms with Crippen LogP contribution in [0.4, 0.5) is 4.39 Å². The quantitative estimate of drug-likeness (QED) is 0.896. The highest BCUT2D eigenvalue weighted by Gasteiger charge is 2.33. The van der Waals surface area contributed by atoms with Crippen LogP contribution in [0.15, 0.2) is 41.5 Å². The van der Waals surface area contributed by atoms with Gasteiger partial charge in [0.2, 0.25) is 5.91 Å². The van der Waals surface area contributed by atoms with Gasteiger partial charge in [-0.3, -0.25) is 9.59 Å². The highest BCUT2D eigenvalue weighted by Crippen LogP contribution is 2.24. The van der Waals surface area contributed by atoms with Crippen LogP contribution in [0.5, 0.6) is 0 Å². The fourth-order valence-corrected chi connectivity index (χ4v) is 2.66. The Morgan fingerprint density at radius 2 is 2.12 bits per heavy atom. The lowest BCUT2D eigenvalue weighted by atomic mass is 9.93. The maximum absolute atomic E-state index is 13.2. The highest BCUT2D eigenvalue weighted by atomic mass is 19.1. The maximum atomic E-state index is 13.2. The van der Waals surface area contributed by atoms with Crippen LogP contribution in [0, 0.1) is 5.82 Å². The van der Waals surface area contributed by atoms with Gasteiger partial charge in [0.25, 0.3) is 5.91 Å². The fourth-order valence-electron chi connectivity index (χ4n) is 2.66. The zero-order valence-corrected chi connectivity index (χ0v) is 13.5. The highest BCUT2D eigenvalue weighted by molar-refractivity contribution is 6.41. The molecule has 0 spiro atoms. The largest absolute Gasteiger partial charge is 0.364 e.